The quantitative estimate of drug-likeness (QED) is 0.868. The standard InChI is InChI=1S/C17H27N3O/c1-4-20(16-10-11-18-12-16)13-17(21)19(3)14(2)15-8-6-5-7-9-15/h5-9,14,16,18H,4,10-13H2,1-3H3. The molecule has 0 spiro atoms. The van der Waals surface area contributed by atoms with Crippen LogP contribution in [0.2, 0.25) is 0 Å². The first-order valence-electron chi connectivity index (χ1n) is 7.88. The number of nitrogens with one attached hydrogen (secondary N) is 1. The highest BCUT2D eigenvalue weighted by Gasteiger charge is 2.25. The van der Waals surface area contributed by atoms with Crippen LogP contribution in [-0.2, 0) is 4.79 Å². The van der Waals surface area contributed by atoms with Crippen LogP contribution in [0.4, 0.5) is 0 Å². The molecule has 116 valence electrons. The van der Waals surface area contributed by atoms with Gasteiger partial charge in [0.05, 0.1) is 12.6 Å². The third kappa shape index (κ3) is 4.05. The second-order valence-corrected chi connectivity index (χ2v) is 5.80. The Balaban J connectivity index is 1.95. The third-order valence-electron chi connectivity index (χ3n) is 4.55. The molecule has 0 saturated carbocycles. The zero-order valence-corrected chi connectivity index (χ0v) is 13.4. The van der Waals surface area contributed by atoms with Gasteiger partial charge in [-0.1, -0.05) is 37.3 Å². The fraction of sp³-hybridized carbons (Fsp3) is 0.588. The zero-order valence-electron chi connectivity index (χ0n) is 13.4. The van der Waals surface area contributed by atoms with Gasteiger partial charge in [-0.05, 0) is 32.0 Å². The molecular formula is C17H27N3O. The fourth-order valence-corrected chi connectivity index (χ4v) is 2.91. The Labute approximate surface area is 128 Å². The largest absolute Gasteiger partial charge is 0.338 e. The molecule has 2 rings (SSSR count). The average molecular weight is 289 g/mol. The van der Waals surface area contributed by atoms with E-state index in [2.05, 4.69) is 36.2 Å². The van der Waals surface area contributed by atoms with Gasteiger partial charge in [-0.15, -0.1) is 0 Å². The van der Waals surface area contributed by atoms with Crippen LogP contribution in [-0.4, -0.2) is 55.0 Å². The van der Waals surface area contributed by atoms with Gasteiger partial charge in [0, 0.05) is 19.6 Å². The SMILES string of the molecule is CCN(CC(=O)N(C)C(C)c1ccccc1)C1CCNC1. The smallest absolute Gasteiger partial charge is 0.237 e. The monoisotopic (exact) mass is 289 g/mol. The molecule has 1 N–H and O–H groups in total. The number of hydrogen-bond donors (Lipinski definition) is 1. The number of hydrogen-bond acceptors (Lipinski definition) is 3. The van der Waals surface area contributed by atoms with Crippen molar-refractivity contribution < 1.29 is 4.79 Å². The molecule has 1 aliphatic rings. The van der Waals surface area contributed by atoms with Crippen molar-refractivity contribution in [3.8, 4) is 0 Å². The maximum absolute atomic E-state index is 12.5. The van der Waals surface area contributed by atoms with Crippen LogP contribution in [0.3, 0.4) is 0 Å². The number of carbonyl (C=O) groups is 1. The van der Waals surface area contributed by atoms with Crippen molar-refractivity contribution >= 4 is 5.91 Å². The van der Waals surface area contributed by atoms with Crippen LogP contribution in [0.25, 0.3) is 0 Å². The van der Waals surface area contributed by atoms with Gasteiger partial charge in [0.15, 0.2) is 0 Å². The Hall–Kier alpha value is -1.39. The van der Waals surface area contributed by atoms with E-state index in [9.17, 15) is 4.79 Å². The van der Waals surface area contributed by atoms with Gasteiger partial charge in [0.1, 0.15) is 0 Å². The van der Waals surface area contributed by atoms with Crippen LogP contribution in [0.5, 0.6) is 0 Å². The normalized spacial score (nSPS) is 19.7. The molecule has 21 heavy (non-hydrogen) atoms. The highest BCUT2D eigenvalue weighted by molar-refractivity contribution is 5.78. The lowest BCUT2D eigenvalue weighted by molar-refractivity contribution is -0.133. The van der Waals surface area contributed by atoms with E-state index in [4.69, 9.17) is 0 Å². The first kappa shape index (κ1) is 16.0. The van der Waals surface area contributed by atoms with Crippen molar-refractivity contribution in [2.45, 2.75) is 32.4 Å². The highest BCUT2D eigenvalue weighted by Crippen LogP contribution is 2.19. The molecule has 1 aromatic rings. The van der Waals surface area contributed by atoms with Gasteiger partial charge in [0.2, 0.25) is 5.91 Å². The van der Waals surface area contributed by atoms with Gasteiger partial charge < -0.3 is 10.2 Å². The summed E-state index contributed by atoms with van der Waals surface area (Å²) in [5, 5.41) is 3.37. The first-order valence-corrected chi connectivity index (χ1v) is 7.88. The van der Waals surface area contributed by atoms with Gasteiger partial charge in [0.25, 0.3) is 0 Å². The molecule has 4 heteroatoms. The van der Waals surface area contributed by atoms with Gasteiger partial charge in [-0.3, -0.25) is 9.69 Å². The van der Waals surface area contributed by atoms with Crippen molar-refractivity contribution in [1.82, 2.24) is 15.1 Å². The molecule has 1 aliphatic heterocycles. The number of carbonyl (C=O) groups excluding carboxylic acids is 1. The molecular weight excluding hydrogens is 262 g/mol. The summed E-state index contributed by atoms with van der Waals surface area (Å²) in [6, 6.07) is 10.8. The fourth-order valence-electron chi connectivity index (χ4n) is 2.91. The minimum Gasteiger partial charge on any atom is -0.338 e. The number of benzene rings is 1. The van der Waals surface area contributed by atoms with Crippen molar-refractivity contribution in [2.75, 3.05) is 33.2 Å². The highest BCUT2D eigenvalue weighted by atomic mass is 16.2. The summed E-state index contributed by atoms with van der Waals surface area (Å²) < 4.78 is 0. The maximum atomic E-state index is 12.5. The lowest BCUT2D eigenvalue weighted by Gasteiger charge is -2.31. The predicted molar refractivity (Wildman–Crippen MR) is 86.1 cm³/mol. The first-order chi connectivity index (χ1) is 10.1. The topological polar surface area (TPSA) is 35.6 Å². The van der Waals surface area contributed by atoms with Crippen molar-refractivity contribution in [1.29, 1.82) is 0 Å². The molecule has 1 saturated heterocycles. The minimum absolute atomic E-state index is 0.110. The number of nitrogens with zero attached hydrogens (tertiary/aromatic N) is 2. The summed E-state index contributed by atoms with van der Waals surface area (Å²) in [5.41, 5.74) is 1.18. The summed E-state index contributed by atoms with van der Waals surface area (Å²) in [6.07, 6.45) is 1.14. The van der Waals surface area contributed by atoms with E-state index in [-0.39, 0.29) is 11.9 Å². The molecule has 1 aromatic carbocycles. The predicted octanol–water partition coefficient (Wildman–Crippen LogP) is 1.89. The van der Waals surface area contributed by atoms with Crippen LogP contribution < -0.4 is 5.32 Å². The lowest BCUT2D eigenvalue weighted by Crippen LogP contribution is -2.44. The van der Waals surface area contributed by atoms with Gasteiger partial charge in [-0.25, -0.2) is 0 Å². The summed E-state index contributed by atoms with van der Waals surface area (Å²) in [5.74, 6) is 0.195. The van der Waals surface area contributed by atoms with E-state index in [1.54, 1.807) is 0 Å². The average Bonchev–Trinajstić information content (AvgIpc) is 3.06. The van der Waals surface area contributed by atoms with Crippen molar-refractivity contribution in [2.24, 2.45) is 0 Å². The number of rotatable bonds is 6. The molecule has 1 fully saturated rings. The molecule has 4 nitrogen and oxygen atoms in total. The molecule has 0 radical (unpaired) electrons. The van der Waals surface area contributed by atoms with E-state index in [1.165, 1.54) is 5.56 Å². The Bertz CT molecular complexity index is 443. The molecule has 2 atom stereocenters. The maximum Gasteiger partial charge on any atom is 0.237 e. The van der Waals surface area contributed by atoms with E-state index in [0.717, 1.165) is 26.1 Å². The van der Waals surface area contributed by atoms with E-state index in [0.29, 0.717) is 12.6 Å². The zero-order chi connectivity index (χ0) is 15.2. The molecule has 0 aliphatic carbocycles. The number of likely N-dealkylation sites (N-methyl/N-ethyl adjacent to an activating group) is 2. The lowest BCUT2D eigenvalue weighted by atomic mass is 10.1. The second kappa shape index (κ2) is 7.57. The van der Waals surface area contributed by atoms with Crippen LogP contribution in [0.15, 0.2) is 30.3 Å². The second-order valence-electron chi connectivity index (χ2n) is 5.80. The third-order valence-corrected chi connectivity index (χ3v) is 4.55. The van der Waals surface area contributed by atoms with Gasteiger partial charge in [-0.2, -0.15) is 0 Å². The Kier molecular flexibility index (Phi) is 5.76. The van der Waals surface area contributed by atoms with Crippen molar-refractivity contribution in [3.63, 3.8) is 0 Å². The van der Waals surface area contributed by atoms with E-state index in [1.807, 2.05) is 30.1 Å². The van der Waals surface area contributed by atoms with Crippen LogP contribution in [0, 0.1) is 0 Å². The molecule has 1 amide bonds. The summed E-state index contributed by atoms with van der Waals surface area (Å²) in [6.45, 7) is 7.71. The molecule has 0 bridgehead atoms. The molecule has 0 aromatic heterocycles. The van der Waals surface area contributed by atoms with E-state index >= 15 is 0 Å². The number of amides is 1. The van der Waals surface area contributed by atoms with E-state index < -0.39 is 0 Å². The summed E-state index contributed by atoms with van der Waals surface area (Å²) >= 11 is 0. The van der Waals surface area contributed by atoms with Crippen LogP contribution in [0.1, 0.15) is 31.9 Å². The Morgan fingerprint density at radius 2 is 2.10 bits per heavy atom. The van der Waals surface area contributed by atoms with Gasteiger partial charge >= 0.3 is 0 Å². The minimum atomic E-state index is 0.110. The molecule has 1 heterocycles. The van der Waals surface area contributed by atoms with Crippen LogP contribution >= 0.6 is 0 Å². The molecule has 2 unspecified atom stereocenters. The Morgan fingerprint density at radius 1 is 1.38 bits per heavy atom. The summed E-state index contributed by atoms with van der Waals surface area (Å²) in [4.78, 5) is 16.7. The summed E-state index contributed by atoms with van der Waals surface area (Å²) in [7, 11) is 1.90. The Morgan fingerprint density at radius 3 is 2.67 bits per heavy atom. The van der Waals surface area contributed by atoms with Crippen molar-refractivity contribution in [3.05, 3.63) is 35.9 Å².